The van der Waals surface area contributed by atoms with Crippen LogP contribution < -0.4 is 10.6 Å². The van der Waals surface area contributed by atoms with E-state index in [4.69, 9.17) is 11.6 Å². The van der Waals surface area contributed by atoms with Gasteiger partial charge in [0.05, 0.1) is 6.54 Å². The standard InChI is InChI=1S/C21H22ClN3O/c1-15-5-6-16(2)17(12-15)14-25-11-3-4-20(25)13-23-21(26)24-19-9-7-18(22)8-10-19/h3-12H,13-14H2,1-2H3,(H2,23,24,26). The summed E-state index contributed by atoms with van der Waals surface area (Å²) < 4.78 is 2.16. The maximum absolute atomic E-state index is 12.1. The number of aromatic nitrogens is 1. The Kier molecular flexibility index (Phi) is 5.64. The van der Waals surface area contributed by atoms with E-state index >= 15 is 0 Å². The highest BCUT2D eigenvalue weighted by Crippen LogP contribution is 2.15. The van der Waals surface area contributed by atoms with Gasteiger partial charge >= 0.3 is 6.03 Å². The first-order chi connectivity index (χ1) is 12.5. The summed E-state index contributed by atoms with van der Waals surface area (Å²) in [6, 6.07) is 17.3. The molecule has 26 heavy (non-hydrogen) atoms. The van der Waals surface area contributed by atoms with Crippen LogP contribution in [0.4, 0.5) is 10.5 Å². The smallest absolute Gasteiger partial charge is 0.319 e. The van der Waals surface area contributed by atoms with Crippen LogP contribution in [0.5, 0.6) is 0 Å². The number of rotatable bonds is 5. The Hall–Kier alpha value is -2.72. The Morgan fingerprint density at radius 3 is 2.62 bits per heavy atom. The molecule has 0 radical (unpaired) electrons. The molecule has 4 nitrogen and oxygen atoms in total. The van der Waals surface area contributed by atoms with Crippen molar-refractivity contribution in [3.05, 3.63) is 88.2 Å². The molecule has 0 atom stereocenters. The van der Waals surface area contributed by atoms with Gasteiger partial charge in [0.25, 0.3) is 0 Å². The van der Waals surface area contributed by atoms with Crippen LogP contribution in [0.1, 0.15) is 22.4 Å². The van der Waals surface area contributed by atoms with Crippen LogP contribution in [0.15, 0.2) is 60.8 Å². The number of nitrogens with one attached hydrogen (secondary N) is 2. The summed E-state index contributed by atoms with van der Waals surface area (Å²) in [5, 5.41) is 6.33. The van der Waals surface area contributed by atoms with E-state index in [1.807, 2.05) is 18.3 Å². The van der Waals surface area contributed by atoms with Crippen molar-refractivity contribution in [2.45, 2.75) is 26.9 Å². The summed E-state index contributed by atoms with van der Waals surface area (Å²) in [5.74, 6) is 0. The zero-order valence-corrected chi connectivity index (χ0v) is 15.7. The molecule has 1 heterocycles. The Morgan fingerprint density at radius 2 is 1.85 bits per heavy atom. The molecule has 0 unspecified atom stereocenters. The van der Waals surface area contributed by atoms with Gasteiger partial charge in [0.2, 0.25) is 0 Å². The third-order valence-corrected chi connectivity index (χ3v) is 4.55. The Morgan fingerprint density at radius 1 is 1.08 bits per heavy atom. The van der Waals surface area contributed by atoms with Crippen LogP contribution in [0.3, 0.4) is 0 Å². The van der Waals surface area contributed by atoms with Gasteiger partial charge in [-0.1, -0.05) is 35.4 Å². The molecular weight excluding hydrogens is 346 g/mol. The fourth-order valence-electron chi connectivity index (χ4n) is 2.80. The maximum atomic E-state index is 12.1. The lowest BCUT2D eigenvalue weighted by Gasteiger charge is -2.13. The number of hydrogen-bond acceptors (Lipinski definition) is 1. The van der Waals surface area contributed by atoms with Crippen LogP contribution in [0.25, 0.3) is 0 Å². The number of carbonyl (C=O) groups excluding carboxylic acids is 1. The maximum Gasteiger partial charge on any atom is 0.319 e. The molecular formula is C21H22ClN3O. The molecule has 3 rings (SSSR count). The summed E-state index contributed by atoms with van der Waals surface area (Å²) in [6.45, 7) is 5.46. The van der Waals surface area contributed by atoms with Crippen molar-refractivity contribution in [3.63, 3.8) is 0 Å². The number of anilines is 1. The molecule has 0 spiro atoms. The fourth-order valence-corrected chi connectivity index (χ4v) is 2.92. The third-order valence-electron chi connectivity index (χ3n) is 4.30. The number of nitrogens with zero attached hydrogens (tertiary/aromatic N) is 1. The number of urea groups is 1. The molecule has 0 saturated heterocycles. The lowest BCUT2D eigenvalue weighted by molar-refractivity contribution is 0.251. The van der Waals surface area contributed by atoms with E-state index in [0.29, 0.717) is 17.3 Å². The normalized spacial score (nSPS) is 10.6. The van der Waals surface area contributed by atoms with Crippen molar-refractivity contribution in [2.75, 3.05) is 5.32 Å². The molecule has 1 aromatic heterocycles. The molecule has 0 fully saturated rings. The van der Waals surface area contributed by atoms with Crippen molar-refractivity contribution >= 4 is 23.3 Å². The number of aryl methyl sites for hydroxylation is 2. The second-order valence-electron chi connectivity index (χ2n) is 6.37. The number of halogens is 1. The van der Waals surface area contributed by atoms with E-state index in [1.165, 1.54) is 16.7 Å². The van der Waals surface area contributed by atoms with E-state index in [9.17, 15) is 4.79 Å². The number of hydrogen-bond donors (Lipinski definition) is 2. The molecule has 0 bridgehead atoms. The monoisotopic (exact) mass is 367 g/mol. The van der Waals surface area contributed by atoms with E-state index in [1.54, 1.807) is 24.3 Å². The number of benzene rings is 2. The minimum atomic E-state index is -0.244. The largest absolute Gasteiger partial charge is 0.345 e. The summed E-state index contributed by atoms with van der Waals surface area (Å²) >= 11 is 5.85. The van der Waals surface area contributed by atoms with Gasteiger partial charge in [0.15, 0.2) is 0 Å². The quantitative estimate of drug-likeness (QED) is 0.645. The van der Waals surface area contributed by atoms with Gasteiger partial charge in [0.1, 0.15) is 0 Å². The van der Waals surface area contributed by atoms with Crippen molar-refractivity contribution < 1.29 is 4.79 Å². The van der Waals surface area contributed by atoms with Crippen LogP contribution in [-0.2, 0) is 13.1 Å². The molecule has 3 aromatic rings. The first kappa shape index (κ1) is 18.1. The Balaban J connectivity index is 1.61. The Labute approximate surface area is 158 Å². The van der Waals surface area contributed by atoms with Gasteiger partial charge < -0.3 is 15.2 Å². The lowest BCUT2D eigenvalue weighted by Crippen LogP contribution is -2.29. The third kappa shape index (κ3) is 4.67. The minimum Gasteiger partial charge on any atom is -0.345 e. The molecule has 0 aliphatic rings. The number of amides is 2. The molecule has 2 aromatic carbocycles. The van der Waals surface area contributed by atoms with Crippen LogP contribution >= 0.6 is 11.6 Å². The van der Waals surface area contributed by atoms with Crippen LogP contribution in [0, 0.1) is 13.8 Å². The summed E-state index contributed by atoms with van der Waals surface area (Å²) in [5.41, 5.74) is 5.56. The molecule has 2 N–H and O–H groups in total. The molecule has 0 saturated carbocycles. The van der Waals surface area contributed by atoms with E-state index < -0.39 is 0 Å². The molecule has 2 amide bonds. The van der Waals surface area contributed by atoms with Crippen LogP contribution in [-0.4, -0.2) is 10.6 Å². The second-order valence-corrected chi connectivity index (χ2v) is 6.81. The highest BCUT2D eigenvalue weighted by Gasteiger charge is 2.07. The van der Waals surface area contributed by atoms with Gasteiger partial charge in [-0.15, -0.1) is 0 Å². The zero-order chi connectivity index (χ0) is 18.5. The van der Waals surface area contributed by atoms with E-state index in [2.05, 4.69) is 47.2 Å². The van der Waals surface area contributed by atoms with Crippen LogP contribution in [0.2, 0.25) is 5.02 Å². The van der Waals surface area contributed by atoms with Gasteiger partial charge in [-0.25, -0.2) is 4.79 Å². The van der Waals surface area contributed by atoms with Crippen molar-refractivity contribution in [1.82, 2.24) is 9.88 Å². The molecule has 5 heteroatoms. The van der Waals surface area contributed by atoms with Crippen molar-refractivity contribution in [1.29, 1.82) is 0 Å². The Bertz CT molecular complexity index is 900. The summed E-state index contributed by atoms with van der Waals surface area (Å²) in [7, 11) is 0. The molecule has 0 aliphatic carbocycles. The minimum absolute atomic E-state index is 0.244. The van der Waals surface area contributed by atoms with Gasteiger partial charge in [0, 0.05) is 29.1 Å². The highest BCUT2D eigenvalue weighted by atomic mass is 35.5. The first-order valence-electron chi connectivity index (χ1n) is 8.52. The van der Waals surface area contributed by atoms with E-state index in [0.717, 1.165) is 12.2 Å². The van der Waals surface area contributed by atoms with Crippen molar-refractivity contribution in [3.8, 4) is 0 Å². The molecule has 134 valence electrons. The van der Waals surface area contributed by atoms with E-state index in [-0.39, 0.29) is 6.03 Å². The predicted molar refractivity (Wildman–Crippen MR) is 107 cm³/mol. The second kappa shape index (κ2) is 8.11. The lowest BCUT2D eigenvalue weighted by atomic mass is 10.1. The highest BCUT2D eigenvalue weighted by molar-refractivity contribution is 6.30. The van der Waals surface area contributed by atoms with Gasteiger partial charge in [-0.3, -0.25) is 0 Å². The predicted octanol–water partition coefficient (Wildman–Crippen LogP) is 5.13. The molecule has 0 aliphatic heterocycles. The average Bonchev–Trinajstić information content (AvgIpc) is 3.05. The van der Waals surface area contributed by atoms with Gasteiger partial charge in [-0.05, 0) is 61.4 Å². The number of carbonyl (C=O) groups is 1. The summed E-state index contributed by atoms with van der Waals surface area (Å²) in [4.78, 5) is 12.1. The zero-order valence-electron chi connectivity index (χ0n) is 14.9. The fraction of sp³-hybridized carbons (Fsp3) is 0.190. The average molecular weight is 368 g/mol. The topological polar surface area (TPSA) is 46.1 Å². The first-order valence-corrected chi connectivity index (χ1v) is 8.89. The SMILES string of the molecule is Cc1ccc(C)c(Cn2cccc2CNC(=O)Nc2ccc(Cl)cc2)c1. The van der Waals surface area contributed by atoms with Crippen molar-refractivity contribution in [2.24, 2.45) is 0 Å². The van der Waals surface area contributed by atoms with Gasteiger partial charge in [-0.2, -0.15) is 0 Å². The summed E-state index contributed by atoms with van der Waals surface area (Å²) in [6.07, 6.45) is 2.04.